The molecule has 0 fully saturated rings. The van der Waals surface area contributed by atoms with Gasteiger partial charge in [-0.1, -0.05) is 25.0 Å². The molecule has 1 aromatic heterocycles. The molecule has 0 bridgehead atoms. The zero-order chi connectivity index (χ0) is 14.2. The van der Waals surface area contributed by atoms with E-state index in [4.69, 9.17) is 10.1 Å². The van der Waals surface area contributed by atoms with Gasteiger partial charge in [0.05, 0.1) is 17.6 Å². The number of aromatic nitrogens is 2. The zero-order valence-corrected chi connectivity index (χ0v) is 12.3. The Morgan fingerprint density at radius 3 is 2.75 bits per heavy atom. The molecule has 4 nitrogen and oxygen atoms in total. The molecule has 2 rings (SSSR count). The number of benzene rings is 1. The molecule has 0 unspecified atom stereocenters. The smallest absolute Gasteiger partial charge is 0.123 e. The van der Waals surface area contributed by atoms with Crippen LogP contribution < -0.4 is 5.32 Å². The molecule has 0 amide bonds. The molecule has 1 aromatic carbocycles. The molecule has 4 heteroatoms. The number of para-hydroxylation sites is 2. The minimum Gasteiger partial charge on any atom is -0.396 e. The molecule has 1 heterocycles. The quantitative estimate of drug-likeness (QED) is 0.692. The lowest BCUT2D eigenvalue weighted by Crippen LogP contribution is -2.18. The van der Waals surface area contributed by atoms with E-state index < -0.39 is 0 Å². The van der Waals surface area contributed by atoms with Crippen molar-refractivity contribution in [1.29, 1.82) is 0 Å². The first-order chi connectivity index (χ1) is 9.86. The van der Waals surface area contributed by atoms with Crippen LogP contribution in [0.3, 0.4) is 0 Å². The monoisotopic (exact) mass is 275 g/mol. The van der Waals surface area contributed by atoms with Crippen LogP contribution in [0.25, 0.3) is 11.0 Å². The predicted octanol–water partition coefficient (Wildman–Crippen LogP) is 2.70. The highest BCUT2D eigenvalue weighted by Gasteiger charge is 2.07. The van der Waals surface area contributed by atoms with E-state index >= 15 is 0 Å². The van der Waals surface area contributed by atoms with Gasteiger partial charge < -0.3 is 15.0 Å². The minimum absolute atomic E-state index is 0.313. The van der Waals surface area contributed by atoms with Gasteiger partial charge >= 0.3 is 0 Å². The van der Waals surface area contributed by atoms with E-state index in [1.54, 1.807) is 0 Å². The lowest BCUT2D eigenvalue weighted by Gasteiger charge is -2.07. The molecular weight excluding hydrogens is 250 g/mol. The Morgan fingerprint density at radius 2 is 1.95 bits per heavy atom. The van der Waals surface area contributed by atoms with Gasteiger partial charge in [-0.15, -0.1) is 0 Å². The fraction of sp³-hybridized carbons (Fsp3) is 0.562. The van der Waals surface area contributed by atoms with E-state index in [1.807, 2.05) is 6.07 Å². The number of unbranched alkanes of at least 4 members (excludes halogenated alkanes) is 3. The van der Waals surface area contributed by atoms with Crippen molar-refractivity contribution >= 4 is 11.0 Å². The molecule has 0 aliphatic carbocycles. The number of rotatable bonds is 9. The van der Waals surface area contributed by atoms with E-state index in [9.17, 15) is 0 Å². The van der Waals surface area contributed by atoms with Crippen LogP contribution in [-0.2, 0) is 13.1 Å². The Morgan fingerprint density at radius 1 is 1.15 bits per heavy atom. The molecule has 0 aliphatic rings. The maximum absolute atomic E-state index is 8.72. The fourth-order valence-electron chi connectivity index (χ4n) is 2.53. The Bertz CT molecular complexity index is 521. The third-order valence-electron chi connectivity index (χ3n) is 3.59. The molecule has 0 spiro atoms. The van der Waals surface area contributed by atoms with E-state index in [1.165, 1.54) is 11.9 Å². The third-order valence-corrected chi connectivity index (χ3v) is 3.59. The fourth-order valence-corrected chi connectivity index (χ4v) is 2.53. The lowest BCUT2D eigenvalue weighted by atomic mass is 10.2. The summed E-state index contributed by atoms with van der Waals surface area (Å²) in [6, 6.07) is 8.30. The summed E-state index contributed by atoms with van der Waals surface area (Å²) in [7, 11) is 0. The maximum Gasteiger partial charge on any atom is 0.123 e. The summed E-state index contributed by atoms with van der Waals surface area (Å²) in [6.45, 7) is 5.26. The summed E-state index contributed by atoms with van der Waals surface area (Å²) in [5.41, 5.74) is 2.30. The van der Waals surface area contributed by atoms with Gasteiger partial charge in [-0.2, -0.15) is 0 Å². The highest BCUT2D eigenvalue weighted by Crippen LogP contribution is 2.15. The first-order valence-electron chi connectivity index (χ1n) is 7.62. The molecule has 0 saturated heterocycles. The third kappa shape index (κ3) is 3.81. The van der Waals surface area contributed by atoms with Crippen molar-refractivity contribution < 1.29 is 5.11 Å². The number of imidazole rings is 1. The number of nitrogens with one attached hydrogen (secondary N) is 1. The van der Waals surface area contributed by atoms with Crippen molar-refractivity contribution in [2.24, 2.45) is 0 Å². The molecule has 110 valence electrons. The van der Waals surface area contributed by atoms with Crippen LogP contribution in [0.2, 0.25) is 0 Å². The topological polar surface area (TPSA) is 50.1 Å². The van der Waals surface area contributed by atoms with Gasteiger partial charge in [0.25, 0.3) is 0 Å². The van der Waals surface area contributed by atoms with E-state index in [0.29, 0.717) is 6.61 Å². The molecule has 0 atom stereocenters. The summed E-state index contributed by atoms with van der Waals surface area (Å²) >= 11 is 0. The second-order valence-electron chi connectivity index (χ2n) is 5.08. The zero-order valence-electron chi connectivity index (χ0n) is 12.3. The summed E-state index contributed by atoms with van der Waals surface area (Å²) in [4.78, 5) is 4.70. The minimum atomic E-state index is 0.313. The highest BCUT2D eigenvalue weighted by atomic mass is 16.2. The van der Waals surface area contributed by atoms with Crippen molar-refractivity contribution in [2.45, 2.75) is 45.7 Å². The van der Waals surface area contributed by atoms with Crippen molar-refractivity contribution in [1.82, 2.24) is 14.9 Å². The van der Waals surface area contributed by atoms with Gasteiger partial charge in [-0.25, -0.2) is 4.98 Å². The predicted molar refractivity (Wildman–Crippen MR) is 82.7 cm³/mol. The number of aliphatic hydroxyl groups excluding tert-OH is 1. The largest absolute Gasteiger partial charge is 0.396 e. The number of nitrogens with zero attached hydrogens (tertiary/aromatic N) is 2. The van der Waals surface area contributed by atoms with Gasteiger partial charge in [0.2, 0.25) is 0 Å². The SMILES string of the molecule is CCn1c(CNCCCCCCO)nc2ccccc21. The highest BCUT2D eigenvalue weighted by molar-refractivity contribution is 5.75. The summed E-state index contributed by atoms with van der Waals surface area (Å²) < 4.78 is 2.27. The van der Waals surface area contributed by atoms with Crippen LogP contribution in [-0.4, -0.2) is 27.8 Å². The van der Waals surface area contributed by atoms with Crippen LogP contribution in [0.4, 0.5) is 0 Å². The molecule has 2 N–H and O–H groups in total. The molecule has 0 radical (unpaired) electrons. The van der Waals surface area contributed by atoms with Crippen LogP contribution in [0.15, 0.2) is 24.3 Å². The lowest BCUT2D eigenvalue weighted by molar-refractivity contribution is 0.282. The summed E-state index contributed by atoms with van der Waals surface area (Å²) in [5, 5.41) is 12.2. The van der Waals surface area contributed by atoms with Crippen LogP contribution in [0.5, 0.6) is 0 Å². The average Bonchev–Trinajstić information content (AvgIpc) is 2.83. The standard InChI is InChI=1S/C16H25N3O/c1-2-19-15-10-6-5-9-14(15)18-16(19)13-17-11-7-3-4-8-12-20/h5-6,9-10,17,20H,2-4,7-8,11-13H2,1H3. The maximum atomic E-state index is 8.72. The number of hydrogen-bond donors (Lipinski definition) is 2. The summed E-state index contributed by atoms with van der Waals surface area (Å²) in [5.74, 6) is 1.11. The first-order valence-corrected chi connectivity index (χ1v) is 7.62. The van der Waals surface area contributed by atoms with Crippen LogP contribution in [0, 0.1) is 0 Å². The molecular formula is C16H25N3O. The van der Waals surface area contributed by atoms with E-state index in [2.05, 4.69) is 35.0 Å². The molecule has 0 aliphatic heterocycles. The van der Waals surface area contributed by atoms with Gasteiger partial charge in [0.1, 0.15) is 5.82 Å². The number of aryl methyl sites for hydroxylation is 1. The van der Waals surface area contributed by atoms with Crippen molar-refractivity contribution in [3.63, 3.8) is 0 Å². The second kappa shape index (κ2) is 8.02. The van der Waals surface area contributed by atoms with Gasteiger partial charge in [0.15, 0.2) is 0 Å². The average molecular weight is 275 g/mol. The van der Waals surface area contributed by atoms with Crippen LogP contribution >= 0.6 is 0 Å². The Balaban J connectivity index is 1.83. The van der Waals surface area contributed by atoms with E-state index in [0.717, 1.165) is 50.2 Å². The van der Waals surface area contributed by atoms with Crippen molar-refractivity contribution in [3.05, 3.63) is 30.1 Å². The Hall–Kier alpha value is -1.39. The summed E-state index contributed by atoms with van der Waals surface area (Å²) in [6.07, 6.45) is 4.38. The number of aliphatic hydroxyl groups is 1. The van der Waals surface area contributed by atoms with Gasteiger partial charge in [-0.05, 0) is 38.4 Å². The number of hydrogen-bond acceptors (Lipinski definition) is 3. The Kier molecular flexibility index (Phi) is 6.02. The van der Waals surface area contributed by atoms with Crippen molar-refractivity contribution in [3.8, 4) is 0 Å². The molecule has 20 heavy (non-hydrogen) atoms. The van der Waals surface area contributed by atoms with Gasteiger partial charge in [-0.3, -0.25) is 0 Å². The van der Waals surface area contributed by atoms with E-state index in [-0.39, 0.29) is 0 Å². The molecule has 2 aromatic rings. The Labute approximate surface area is 120 Å². The number of fused-ring (bicyclic) bond motifs is 1. The van der Waals surface area contributed by atoms with Gasteiger partial charge in [0, 0.05) is 13.2 Å². The first kappa shape index (κ1) is 15.0. The van der Waals surface area contributed by atoms with Crippen molar-refractivity contribution in [2.75, 3.05) is 13.2 Å². The van der Waals surface area contributed by atoms with Crippen LogP contribution in [0.1, 0.15) is 38.4 Å². The normalized spacial score (nSPS) is 11.3. The molecule has 0 saturated carbocycles. The second-order valence-corrected chi connectivity index (χ2v) is 5.08.